The molecule has 2 heteroatoms. The largest absolute Gasteiger partial charge is 0.343 e. The van der Waals surface area contributed by atoms with Gasteiger partial charge < -0.3 is 5.32 Å². The van der Waals surface area contributed by atoms with Crippen LogP contribution in [0.3, 0.4) is 0 Å². The second-order valence-corrected chi connectivity index (χ2v) is 2.67. The van der Waals surface area contributed by atoms with Crippen LogP contribution in [-0.4, -0.2) is 7.05 Å². The van der Waals surface area contributed by atoms with Crippen LogP contribution >= 0.6 is 0 Å². The maximum absolute atomic E-state index is 12.4. The van der Waals surface area contributed by atoms with E-state index in [9.17, 15) is 4.39 Å². The molecule has 0 saturated heterocycles. The topological polar surface area (TPSA) is 16.6 Å². The summed E-state index contributed by atoms with van der Waals surface area (Å²) in [6.07, 6.45) is 0. The minimum absolute atomic E-state index is 0.169. The first kappa shape index (κ1) is 8.21. The molecule has 2 N–H and O–H groups in total. The van der Waals surface area contributed by atoms with Crippen molar-refractivity contribution in [2.24, 2.45) is 0 Å². The molecule has 0 bridgehead atoms. The highest BCUT2D eigenvalue weighted by Gasteiger charge is 2.03. The Kier molecular flexibility index (Phi) is 2.60. The van der Waals surface area contributed by atoms with Gasteiger partial charge in [-0.2, -0.15) is 0 Å². The third kappa shape index (κ3) is 2.02. The first-order valence-corrected chi connectivity index (χ1v) is 3.79. The van der Waals surface area contributed by atoms with Crippen LogP contribution in [0.25, 0.3) is 0 Å². The van der Waals surface area contributed by atoms with Crippen molar-refractivity contribution in [1.82, 2.24) is 0 Å². The molecule has 0 radical (unpaired) electrons. The summed E-state index contributed by atoms with van der Waals surface area (Å²) in [5.74, 6) is -0.169. The van der Waals surface area contributed by atoms with Crippen LogP contribution in [0.4, 0.5) is 4.39 Å². The lowest BCUT2D eigenvalue weighted by molar-refractivity contribution is -0.666. The van der Waals surface area contributed by atoms with Gasteiger partial charge in [-0.15, -0.1) is 0 Å². The molecule has 0 fully saturated rings. The molecule has 1 rings (SSSR count). The summed E-state index contributed by atoms with van der Waals surface area (Å²) in [5.41, 5.74) is 1.16. The van der Waals surface area contributed by atoms with E-state index in [0.29, 0.717) is 6.04 Å². The van der Waals surface area contributed by atoms with E-state index in [-0.39, 0.29) is 5.82 Å². The normalized spacial score (nSPS) is 13.0. The Balaban J connectivity index is 2.81. The van der Waals surface area contributed by atoms with Crippen molar-refractivity contribution in [2.75, 3.05) is 7.05 Å². The van der Waals surface area contributed by atoms with Gasteiger partial charge in [0.1, 0.15) is 11.9 Å². The second kappa shape index (κ2) is 3.49. The molecule has 0 aliphatic rings. The van der Waals surface area contributed by atoms with Crippen LogP contribution in [-0.2, 0) is 0 Å². The number of nitrogens with two attached hydrogens (primary N) is 1. The number of hydrogen-bond donors (Lipinski definition) is 1. The molecule has 11 heavy (non-hydrogen) atoms. The molecule has 1 aromatic rings. The van der Waals surface area contributed by atoms with Gasteiger partial charge in [-0.25, -0.2) is 4.39 Å². The maximum atomic E-state index is 12.4. The van der Waals surface area contributed by atoms with Crippen LogP contribution in [0.5, 0.6) is 0 Å². The molecule has 0 aliphatic carbocycles. The number of halogens is 1. The van der Waals surface area contributed by atoms with Gasteiger partial charge in [0.15, 0.2) is 0 Å². The average molecular weight is 154 g/mol. The molecule has 0 aromatic heterocycles. The first-order valence-electron chi connectivity index (χ1n) is 3.79. The predicted molar refractivity (Wildman–Crippen MR) is 42.7 cm³/mol. The van der Waals surface area contributed by atoms with Crippen molar-refractivity contribution in [3.63, 3.8) is 0 Å². The van der Waals surface area contributed by atoms with E-state index in [1.54, 1.807) is 0 Å². The Morgan fingerprint density at radius 2 is 1.82 bits per heavy atom. The van der Waals surface area contributed by atoms with E-state index in [4.69, 9.17) is 0 Å². The number of quaternary nitrogens is 1. The average Bonchev–Trinajstić information content (AvgIpc) is 2.05. The Labute approximate surface area is 66.2 Å². The molecule has 1 aromatic carbocycles. The minimum atomic E-state index is -0.169. The molecule has 0 saturated carbocycles. The van der Waals surface area contributed by atoms with Crippen molar-refractivity contribution in [2.45, 2.75) is 13.0 Å². The van der Waals surface area contributed by atoms with E-state index in [2.05, 4.69) is 12.2 Å². The predicted octanol–water partition coefficient (Wildman–Crippen LogP) is 1.08. The lowest BCUT2D eigenvalue weighted by Crippen LogP contribution is -2.80. The van der Waals surface area contributed by atoms with Crippen molar-refractivity contribution >= 4 is 0 Å². The molecule has 0 amide bonds. The summed E-state index contributed by atoms with van der Waals surface area (Å²) in [7, 11) is 2.01. The van der Waals surface area contributed by atoms with E-state index in [1.807, 2.05) is 19.2 Å². The van der Waals surface area contributed by atoms with Gasteiger partial charge in [-0.3, -0.25) is 0 Å². The van der Waals surface area contributed by atoms with Gasteiger partial charge in [0.2, 0.25) is 0 Å². The Hall–Kier alpha value is -0.890. The zero-order valence-electron chi connectivity index (χ0n) is 6.84. The van der Waals surface area contributed by atoms with E-state index in [1.165, 1.54) is 12.1 Å². The molecule has 0 aliphatic heterocycles. The van der Waals surface area contributed by atoms with Crippen molar-refractivity contribution in [3.05, 3.63) is 35.6 Å². The molecule has 0 unspecified atom stereocenters. The fourth-order valence-corrected chi connectivity index (χ4v) is 0.959. The van der Waals surface area contributed by atoms with Crippen molar-refractivity contribution in [3.8, 4) is 0 Å². The summed E-state index contributed by atoms with van der Waals surface area (Å²) in [4.78, 5) is 0. The van der Waals surface area contributed by atoms with Crippen LogP contribution in [0, 0.1) is 5.82 Å². The van der Waals surface area contributed by atoms with Crippen LogP contribution < -0.4 is 5.32 Å². The summed E-state index contributed by atoms with van der Waals surface area (Å²) in [6.45, 7) is 2.09. The molecular weight excluding hydrogens is 141 g/mol. The molecule has 1 atom stereocenters. The second-order valence-electron chi connectivity index (χ2n) is 2.67. The first-order chi connectivity index (χ1) is 5.24. The monoisotopic (exact) mass is 154 g/mol. The van der Waals surface area contributed by atoms with Crippen LogP contribution in [0.15, 0.2) is 24.3 Å². The smallest absolute Gasteiger partial charge is 0.123 e. The maximum Gasteiger partial charge on any atom is 0.123 e. The van der Waals surface area contributed by atoms with Gasteiger partial charge in [0, 0.05) is 5.56 Å². The molecule has 0 spiro atoms. The van der Waals surface area contributed by atoms with E-state index < -0.39 is 0 Å². The lowest BCUT2D eigenvalue weighted by Gasteiger charge is -2.05. The SMILES string of the molecule is C[NH2+][C@@H](C)c1ccc(F)cc1. The zero-order valence-corrected chi connectivity index (χ0v) is 6.84. The number of benzene rings is 1. The standard InChI is InChI=1S/C9H12FN/c1-7(11-2)8-3-5-9(10)6-4-8/h3-7,11H,1-2H3/p+1/t7-/m0/s1. The van der Waals surface area contributed by atoms with Gasteiger partial charge in [0.25, 0.3) is 0 Å². The number of hydrogen-bond acceptors (Lipinski definition) is 0. The van der Waals surface area contributed by atoms with Gasteiger partial charge in [0.05, 0.1) is 7.05 Å². The Morgan fingerprint density at radius 3 is 2.27 bits per heavy atom. The molecule has 0 heterocycles. The summed E-state index contributed by atoms with van der Waals surface area (Å²) >= 11 is 0. The fraction of sp³-hybridized carbons (Fsp3) is 0.333. The highest BCUT2D eigenvalue weighted by Crippen LogP contribution is 2.08. The van der Waals surface area contributed by atoms with Crippen LogP contribution in [0.1, 0.15) is 18.5 Å². The third-order valence-electron chi connectivity index (χ3n) is 1.90. The summed E-state index contributed by atoms with van der Waals surface area (Å²) in [5, 5.41) is 2.09. The van der Waals surface area contributed by atoms with Crippen molar-refractivity contribution < 1.29 is 9.71 Å². The van der Waals surface area contributed by atoms with Crippen LogP contribution in [0.2, 0.25) is 0 Å². The Morgan fingerprint density at radius 1 is 1.27 bits per heavy atom. The lowest BCUT2D eigenvalue weighted by atomic mass is 10.1. The van der Waals surface area contributed by atoms with Crippen molar-refractivity contribution in [1.29, 1.82) is 0 Å². The zero-order chi connectivity index (χ0) is 8.27. The quantitative estimate of drug-likeness (QED) is 0.656. The van der Waals surface area contributed by atoms with Gasteiger partial charge in [-0.1, -0.05) is 12.1 Å². The van der Waals surface area contributed by atoms with Gasteiger partial charge >= 0.3 is 0 Å². The minimum Gasteiger partial charge on any atom is -0.343 e. The van der Waals surface area contributed by atoms with Gasteiger partial charge in [-0.05, 0) is 19.1 Å². The number of rotatable bonds is 2. The highest BCUT2D eigenvalue weighted by molar-refractivity contribution is 5.17. The summed E-state index contributed by atoms with van der Waals surface area (Å²) in [6, 6.07) is 7.04. The van der Waals surface area contributed by atoms with E-state index in [0.717, 1.165) is 5.56 Å². The molecule has 1 nitrogen and oxygen atoms in total. The highest BCUT2D eigenvalue weighted by atomic mass is 19.1. The Bertz CT molecular complexity index is 218. The molecular formula is C9H13FN+. The summed E-state index contributed by atoms with van der Waals surface area (Å²) < 4.78 is 12.4. The third-order valence-corrected chi connectivity index (χ3v) is 1.90. The fourth-order valence-electron chi connectivity index (χ4n) is 0.959. The van der Waals surface area contributed by atoms with E-state index >= 15 is 0 Å². The molecule has 60 valence electrons.